The van der Waals surface area contributed by atoms with E-state index in [9.17, 15) is 10.2 Å². The zero-order chi connectivity index (χ0) is 15.5. The molecule has 3 heteroatoms. The maximum atomic E-state index is 10.5. The molecule has 0 aliphatic heterocycles. The van der Waals surface area contributed by atoms with Crippen LogP contribution in [0.15, 0.2) is 18.2 Å². The second-order valence-corrected chi connectivity index (χ2v) is 7.79. The zero-order valence-electron chi connectivity index (χ0n) is 13.5. The smallest absolute Gasteiger partial charge is 0.115 e. The Labute approximate surface area is 132 Å². The van der Waals surface area contributed by atoms with E-state index in [1.807, 2.05) is 12.1 Å². The first-order chi connectivity index (χ1) is 10.5. The highest BCUT2D eigenvalue weighted by molar-refractivity contribution is 5.41. The summed E-state index contributed by atoms with van der Waals surface area (Å²) in [5.41, 5.74) is 2.63. The summed E-state index contributed by atoms with van der Waals surface area (Å²) in [5, 5.41) is 20.3. The molecule has 2 saturated carbocycles. The molecule has 4 rings (SSSR count). The van der Waals surface area contributed by atoms with Gasteiger partial charge in [-0.1, -0.05) is 13.0 Å². The maximum absolute atomic E-state index is 10.5. The van der Waals surface area contributed by atoms with Gasteiger partial charge in [-0.25, -0.2) is 0 Å². The minimum Gasteiger partial charge on any atom is -0.508 e. The molecule has 120 valence electrons. The van der Waals surface area contributed by atoms with Gasteiger partial charge in [-0.2, -0.15) is 0 Å². The molecule has 2 unspecified atom stereocenters. The maximum Gasteiger partial charge on any atom is 0.115 e. The van der Waals surface area contributed by atoms with E-state index in [1.165, 1.54) is 11.1 Å². The lowest BCUT2D eigenvalue weighted by Gasteiger charge is -2.51. The fraction of sp³-hybridized carbons (Fsp3) is 0.684. The Bertz CT molecular complexity index is 584. The van der Waals surface area contributed by atoms with Crippen molar-refractivity contribution in [3.8, 4) is 5.75 Å². The predicted molar refractivity (Wildman–Crippen MR) is 84.8 cm³/mol. The number of methoxy groups -OCH3 is 1. The summed E-state index contributed by atoms with van der Waals surface area (Å²) in [7, 11) is 1.77. The number of benzene rings is 1. The summed E-state index contributed by atoms with van der Waals surface area (Å²) in [6.45, 7) is 2.29. The lowest BCUT2D eigenvalue weighted by atomic mass is 9.55. The Balaban J connectivity index is 1.76. The average Bonchev–Trinajstić information content (AvgIpc) is 2.82. The van der Waals surface area contributed by atoms with Crippen molar-refractivity contribution >= 4 is 0 Å². The lowest BCUT2D eigenvalue weighted by Crippen LogP contribution is -2.44. The van der Waals surface area contributed by atoms with Crippen LogP contribution in [-0.2, 0) is 4.74 Å². The quantitative estimate of drug-likeness (QED) is 0.830. The summed E-state index contributed by atoms with van der Waals surface area (Å²) < 4.78 is 5.76. The normalized spacial score (nSPS) is 43.3. The summed E-state index contributed by atoms with van der Waals surface area (Å²) in [4.78, 5) is 0. The number of fused-ring (bicyclic) bond motifs is 5. The molecule has 0 heterocycles. The third kappa shape index (κ3) is 1.88. The first-order valence-corrected chi connectivity index (χ1v) is 8.58. The van der Waals surface area contributed by atoms with Gasteiger partial charge in [-0.15, -0.1) is 0 Å². The third-order valence-corrected chi connectivity index (χ3v) is 6.97. The average molecular weight is 302 g/mol. The number of aliphatic hydroxyl groups is 1. The largest absolute Gasteiger partial charge is 0.508 e. The molecule has 2 N–H and O–H groups in total. The molecule has 3 aliphatic carbocycles. The monoisotopic (exact) mass is 302 g/mol. The van der Waals surface area contributed by atoms with Gasteiger partial charge in [0.05, 0.1) is 12.2 Å². The molecule has 0 radical (unpaired) electrons. The second kappa shape index (κ2) is 4.97. The van der Waals surface area contributed by atoms with E-state index in [0.717, 1.165) is 32.1 Å². The van der Waals surface area contributed by atoms with Crippen LogP contribution in [0.1, 0.15) is 62.2 Å². The van der Waals surface area contributed by atoms with Crippen LogP contribution in [0.2, 0.25) is 0 Å². The molecule has 0 spiro atoms. The van der Waals surface area contributed by atoms with E-state index in [4.69, 9.17) is 4.74 Å². The number of phenolic OH excluding ortho intramolecular Hbond substituents is 1. The molecule has 3 nitrogen and oxygen atoms in total. The van der Waals surface area contributed by atoms with E-state index in [0.29, 0.717) is 23.5 Å². The van der Waals surface area contributed by atoms with E-state index < -0.39 is 0 Å². The fourth-order valence-electron chi connectivity index (χ4n) is 5.75. The van der Waals surface area contributed by atoms with Crippen molar-refractivity contribution in [2.24, 2.45) is 17.3 Å². The summed E-state index contributed by atoms with van der Waals surface area (Å²) in [5.74, 6) is 2.08. The molecule has 1 aromatic carbocycles. The first-order valence-electron chi connectivity index (χ1n) is 8.58. The van der Waals surface area contributed by atoms with Crippen LogP contribution in [0, 0.1) is 17.3 Å². The van der Waals surface area contributed by atoms with E-state index in [-0.39, 0.29) is 17.6 Å². The number of phenols is 1. The van der Waals surface area contributed by atoms with Crippen LogP contribution in [0.5, 0.6) is 5.75 Å². The van der Waals surface area contributed by atoms with Crippen molar-refractivity contribution in [3.05, 3.63) is 29.3 Å². The number of rotatable bonds is 1. The predicted octanol–water partition coefficient (Wildman–Crippen LogP) is 3.75. The highest BCUT2D eigenvalue weighted by atomic mass is 16.5. The Hall–Kier alpha value is -1.06. The highest BCUT2D eigenvalue weighted by Gasteiger charge is 2.55. The topological polar surface area (TPSA) is 49.7 Å². The van der Waals surface area contributed by atoms with E-state index >= 15 is 0 Å². The van der Waals surface area contributed by atoms with Gasteiger partial charge in [0, 0.05) is 7.11 Å². The molecule has 3 aliphatic rings. The van der Waals surface area contributed by atoms with Gasteiger partial charge >= 0.3 is 0 Å². The second-order valence-electron chi connectivity index (χ2n) is 7.79. The summed E-state index contributed by atoms with van der Waals surface area (Å²) in [6, 6.07) is 5.80. The Morgan fingerprint density at radius 1 is 1.18 bits per heavy atom. The van der Waals surface area contributed by atoms with Crippen LogP contribution < -0.4 is 0 Å². The number of aromatic hydroxyl groups is 1. The number of hydrogen-bond donors (Lipinski definition) is 2. The van der Waals surface area contributed by atoms with Gasteiger partial charge in [0.15, 0.2) is 0 Å². The molecule has 22 heavy (non-hydrogen) atoms. The van der Waals surface area contributed by atoms with Crippen molar-refractivity contribution < 1.29 is 14.9 Å². The van der Waals surface area contributed by atoms with Gasteiger partial charge < -0.3 is 14.9 Å². The molecule has 1 aromatic rings. The number of ether oxygens (including phenoxy) is 1. The van der Waals surface area contributed by atoms with Crippen molar-refractivity contribution in [1.82, 2.24) is 0 Å². The fourth-order valence-corrected chi connectivity index (χ4v) is 5.75. The van der Waals surface area contributed by atoms with Crippen molar-refractivity contribution in [2.75, 3.05) is 7.11 Å². The van der Waals surface area contributed by atoms with Gasteiger partial charge in [0.1, 0.15) is 5.75 Å². The molecule has 6 atom stereocenters. The summed E-state index contributed by atoms with van der Waals surface area (Å²) >= 11 is 0. The number of aliphatic hydroxyl groups excluding tert-OH is 1. The Morgan fingerprint density at radius 3 is 2.77 bits per heavy atom. The molecule has 2 fully saturated rings. The standard InChI is InChI=1S/C19H26O3/c1-19-8-7-13-12-4-3-11(20)9-15(12)17(22-2)10-14(13)16(19)5-6-18(19)21/h3-4,9,13-14,16-18,20-21H,5-8,10H2,1-2H3/t13-,14-,16+,17-,18?,19?/m1/s1. The van der Waals surface area contributed by atoms with Crippen molar-refractivity contribution in [1.29, 1.82) is 0 Å². The molecule has 0 aromatic heterocycles. The highest BCUT2D eigenvalue weighted by Crippen LogP contribution is 2.62. The van der Waals surface area contributed by atoms with Gasteiger partial charge in [-0.05, 0) is 78.5 Å². The van der Waals surface area contributed by atoms with Crippen molar-refractivity contribution in [3.63, 3.8) is 0 Å². The lowest BCUT2D eigenvalue weighted by molar-refractivity contribution is -0.0432. The molecular weight excluding hydrogens is 276 g/mol. The van der Waals surface area contributed by atoms with Gasteiger partial charge in [-0.3, -0.25) is 0 Å². The molecule has 0 bridgehead atoms. The van der Waals surface area contributed by atoms with Crippen LogP contribution >= 0.6 is 0 Å². The first kappa shape index (κ1) is 14.5. The minimum absolute atomic E-state index is 0.0726. The minimum atomic E-state index is -0.138. The summed E-state index contributed by atoms with van der Waals surface area (Å²) in [6.07, 6.45) is 5.29. The molecule has 0 saturated heterocycles. The van der Waals surface area contributed by atoms with E-state index in [2.05, 4.69) is 13.0 Å². The van der Waals surface area contributed by atoms with Gasteiger partial charge in [0.2, 0.25) is 0 Å². The Morgan fingerprint density at radius 2 is 2.00 bits per heavy atom. The van der Waals surface area contributed by atoms with Gasteiger partial charge in [0.25, 0.3) is 0 Å². The molecule has 0 amide bonds. The van der Waals surface area contributed by atoms with Crippen LogP contribution in [-0.4, -0.2) is 23.4 Å². The van der Waals surface area contributed by atoms with E-state index in [1.54, 1.807) is 7.11 Å². The van der Waals surface area contributed by atoms with Crippen LogP contribution in [0.3, 0.4) is 0 Å². The van der Waals surface area contributed by atoms with Crippen LogP contribution in [0.4, 0.5) is 0 Å². The third-order valence-electron chi connectivity index (χ3n) is 6.97. The van der Waals surface area contributed by atoms with Crippen LogP contribution in [0.25, 0.3) is 0 Å². The van der Waals surface area contributed by atoms with Crippen molar-refractivity contribution in [2.45, 2.75) is 57.2 Å². The Kier molecular flexibility index (Phi) is 3.28. The zero-order valence-corrected chi connectivity index (χ0v) is 13.5. The SMILES string of the molecule is CO[C@@H]1C[C@@H]2[C@H](CCC3(C)C(O)CC[C@@H]23)c2ccc(O)cc21. The molecular formula is C19H26O3. The number of hydrogen-bond acceptors (Lipinski definition) is 3.